The van der Waals surface area contributed by atoms with Crippen molar-refractivity contribution in [1.82, 2.24) is 0 Å². The Hall–Kier alpha value is 0.250. The van der Waals surface area contributed by atoms with Crippen LogP contribution in [0.5, 0.6) is 0 Å². The molecule has 3 unspecified atom stereocenters. The first kappa shape index (κ1) is 12.7. The average molecular weight is 245 g/mol. The molecule has 0 N–H and O–H groups in total. The second-order valence-electron chi connectivity index (χ2n) is 6.21. The highest BCUT2D eigenvalue weighted by molar-refractivity contribution is 6.20. The zero-order valence-electron chi connectivity index (χ0n) is 10.7. The van der Waals surface area contributed by atoms with E-state index in [1.807, 2.05) is 0 Å². The van der Waals surface area contributed by atoms with Gasteiger partial charge in [0, 0.05) is 12.0 Å². The van der Waals surface area contributed by atoms with Gasteiger partial charge in [0.15, 0.2) is 0 Å². The van der Waals surface area contributed by atoms with E-state index in [2.05, 4.69) is 13.8 Å². The first-order chi connectivity index (χ1) is 7.60. The van der Waals surface area contributed by atoms with Crippen molar-refractivity contribution in [3.8, 4) is 0 Å². The zero-order valence-corrected chi connectivity index (χ0v) is 11.4. The molecule has 1 heterocycles. The SMILES string of the molecule is CC(C)CC1CCCC2(CC(Cl)CCO2)C1. The molecule has 0 aromatic carbocycles. The molecule has 2 fully saturated rings. The summed E-state index contributed by atoms with van der Waals surface area (Å²) in [6.45, 7) is 5.53. The molecule has 1 spiro atoms. The molecular formula is C14H25ClO. The van der Waals surface area contributed by atoms with Gasteiger partial charge in [-0.2, -0.15) is 0 Å². The summed E-state index contributed by atoms with van der Waals surface area (Å²) in [5, 5.41) is 0.353. The molecule has 16 heavy (non-hydrogen) atoms. The Kier molecular flexibility index (Phi) is 4.18. The average Bonchev–Trinajstić information content (AvgIpc) is 2.15. The van der Waals surface area contributed by atoms with E-state index in [0.717, 1.165) is 31.3 Å². The number of hydrogen-bond acceptors (Lipinski definition) is 1. The van der Waals surface area contributed by atoms with Gasteiger partial charge in [0.2, 0.25) is 0 Å². The summed E-state index contributed by atoms with van der Waals surface area (Å²) in [5.41, 5.74) is 0.155. The van der Waals surface area contributed by atoms with Crippen LogP contribution in [0.2, 0.25) is 0 Å². The summed E-state index contributed by atoms with van der Waals surface area (Å²) in [5.74, 6) is 1.69. The van der Waals surface area contributed by atoms with Gasteiger partial charge in [0.25, 0.3) is 0 Å². The van der Waals surface area contributed by atoms with Gasteiger partial charge >= 0.3 is 0 Å². The molecule has 0 bridgehead atoms. The van der Waals surface area contributed by atoms with Crippen molar-refractivity contribution in [3.05, 3.63) is 0 Å². The topological polar surface area (TPSA) is 9.23 Å². The van der Waals surface area contributed by atoms with Gasteiger partial charge in [-0.1, -0.05) is 26.7 Å². The Labute approximate surface area is 105 Å². The summed E-state index contributed by atoms with van der Waals surface area (Å²) in [4.78, 5) is 0. The highest BCUT2D eigenvalue weighted by atomic mass is 35.5. The Morgan fingerprint density at radius 3 is 2.81 bits per heavy atom. The second kappa shape index (κ2) is 5.27. The molecule has 1 saturated carbocycles. The fourth-order valence-corrected chi connectivity index (χ4v) is 3.97. The summed E-state index contributed by atoms with van der Waals surface area (Å²) < 4.78 is 6.10. The fourth-order valence-electron chi connectivity index (χ4n) is 3.60. The monoisotopic (exact) mass is 244 g/mol. The van der Waals surface area contributed by atoms with Gasteiger partial charge in [0.05, 0.1) is 5.60 Å². The van der Waals surface area contributed by atoms with Crippen molar-refractivity contribution in [2.75, 3.05) is 6.61 Å². The van der Waals surface area contributed by atoms with Crippen molar-refractivity contribution in [2.45, 2.75) is 69.8 Å². The van der Waals surface area contributed by atoms with Crippen LogP contribution in [0, 0.1) is 11.8 Å². The maximum absolute atomic E-state index is 6.31. The van der Waals surface area contributed by atoms with Crippen LogP contribution >= 0.6 is 11.6 Å². The lowest BCUT2D eigenvalue weighted by atomic mass is 9.72. The van der Waals surface area contributed by atoms with Gasteiger partial charge in [-0.3, -0.25) is 0 Å². The molecule has 0 aromatic heterocycles. The Morgan fingerprint density at radius 2 is 2.12 bits per heavy atom. The summed E-state index contributed by atoms with van der Waals surface area (Å²) in [6.07, 6.45) is 8.72. The largest absolute Gasteiger partial charge is 0.375 e. The standard InChI is InChI=1S/C14H25ClO/c1-11(2)8-12-4-3-6-14(9-12)10-13(15)5-7-16-14/h11-13H,3-10H2,1-2H3. The predicted molar refractivity (Wildman–Crippen MR) is 69.0 cm³/mol. The van der Waals surface area contributed by atoms with Crippen LogP contribution in [0.15, 0.2) is 0 Å². The van der Waals surface area contributed by atoms with Crippen LogP contribution in [0.1, 0.15) is 58.8 Å². The normalized spacial score (nSPS) is 40.5. The molecule has 1 aliphatic heterocycles. The van der Waals surface area contributed by atoms with Crippen LogP contribution in [-0.2, 0) is 4.74 Å². The third-order valence-corrected chi connectivity index (χ3v) is 4.52. The van der Waals surface area contributed by atoms with E-state index in [1.54, 1.807) is 0 Å². The highest BCUT2D eigenvalue weighted by Crippen LogP contribution is 2.43. The Balaban J connectivity index is 1.94. The van der Waals surface area contributed by atoms with E-state index in [9.17, 15) is 0 Å². The summed E-state index contributed by atoms with van der Waals surface area (Å²) >= 11 is 6.31. The summed E-state index contributed by atoms with van der Waals surface area (Å²) in [7, 11) is 0. The van der Waals surface area contributed by atoms with E-state index in [1.165, 1.54) is 32.1 Å². The minimum absolute atomic E-state index is 0.155. The number of ether oxygens (including phenoxy) is 1. The third kappa shape index (κ3) is 3.13. The molecule has 2 aliphatic rings. The molecule has 0 amide bonds. The van der Waals surface area contributed by atoms with Gasteiger partial charge in [0.1, 0.15) is 0 Å². The molecule has 94 valence electrons. The molecular weight excluding hydrogens is 220 g/mol. The number of rotatable bonds is 2. The molecule has 0 aromatic rings. The minimum atomic E-state index is 0.155. The van der Waals surface area contributed by atoms with Crippen molar-refractivity contribution in [2.24, 2.45) is 11.8 Å². The van der Waals surface area contributed by atoms with E-state index in [4.69, 9.17) is 16.3 Å². The molecule has 2 rings (SSSR count). The number of halogens is 1. The maximum atomic E-state index is 6.31. The van der Waals surface area contributed by atoms with E-state index >= 15 is 0 Å². The van der Waals surface area contributed by atoms with Gasteiger partial charge in [-0.15, -0.1) is 11.6 Å². The lowest BCUT2D eigenvalue weighted by Gasteiger charge is -2.45. The third-order valence-electron chi connectivity index (χ3n) is 4.14. The first-order valence-corrected chi connectivity index (χ1v) is 7.31. The quantitative estimate of drug-likeness (QED) is 0.655. The van der Waals surface area contributed by atoms with Crippen LogP contribution in [0.3, 0.4) is 0 Å². The van der Waals surface area contributed by atoms with Crippen LogP contribution in [-0.4, -0.2) is 17.6 Å². The molecule has 1 saturated heterocycles. The predicted octanol–water partition coefficient (Wildman–Crippen LogP) is 4.38. The van der Waals surface area contributed by atoms with Gasteiger partial charge in [-0.25, -0.2) is 0 Å². The Bertz CT molecular complexity index is 225. The minimum Gasteiger partial charge on any atom is -0.375 e. The molecule has 1 nitrogen and oxygen atoms in total. The van der Waals surface area contributed by atoms with Crippen molar-refractivity contribution >= 4 is 11.6 Å². The summed E-state index contributed by atoms with van der Waals surface area (Å²) in [6, 6.07) is 0. The van der Waals surface area contributed by atoms with Gasteiger partial charge < -0.3 is 4.74 Å². The molecule has 1 aliphatic carbocycles. The Morgan fingerprint density at radius 1 is 1.31 bits per heavy atom. The first-order valence-electron chi connectivity index (χ1n) is 6.88. The van der Waals surface area contributed by atoms with Crippen molar-refractivity contribution < 1.29 is 4.74 Å². The van der Waals surface area contributed by atoms with Crippen LogP contribution in [0.25, 0.3) is 0 Å². The lowest BCUT2D eigenvalue weighted by Crippen LogP contribution is -2.44. The smallest absolute Gasteiger partial charge is 0.0699 e. The second-order valence-corrected chi connectivity index (χ2v) is 6.83. The van der Waals surface area contributed by atoms with Crippen LogP contribution < -0.4 is 0 Å². The zero-order chi connectivity index (χ0) is 11.6. The highest BCUT2D eigenvalue weighted by Gasteiger charge is 2.41. The van der Waals surface area contributed by atoms with Gasteiger partial charge in [-0.05, 0) is 43.9 Å². The van der Waals surface area contributed by atoms with Crippen molar-refractivity contribution in [3.63, 3.8) is 0 Å². The maximum Gasteiger partial charge on any atom is 0.0699 e. The van der Waals surface area contributed by atoms with E-state index in [-0.39, 0.29) is 5.60 Å². The number of alkyl halides is 1. The fraction of sp³-hybridized carbons (Fsp3) is 1.00. The van der Waals surface area contributed by atoms with E-state index in [0.29, 0.717) is 5.38 Å². The molecule has 3 atom stereocenters. The molecule has 0 radical (unpaired) electrons. The van der Waals surface area contributed by atoms with E-state index < -0.39 is 0 Å². The van der Waals surface area contributed by atoms with Crippen molar-refractivity contribution in [1.29, 1.82) is 0 Å². The van der Waals surface area contributed by atoms with Crippen LogP contribution in [0.4, 0.5) is 0 Å². The lowest BCUT2D eigenvalue weighted by molar-refractivity contribution is -0.111. The number of hydrogen-bond donors (Lipinski definition) is 0. The molecule has 2 heteroatoms.